The molecular formula is C19H25NO3. The topological polar surface area (TPSA) is 53.7 Å². The number of hydrogen-bond donors (Lipinski definition) is 1. The van der Waals surface area contributed by atoms with Crippen LogP contribution in [-0.2, 0) is 11.2 Å². The van der Waals surface area contributed by atoms with Crippen LogP contribution in [0.2, 0.25) is 0 Å². The summed E-state index contributed by atoms with van der Waals surface area (Å²) in [5.41, 5.74) is 4.20. The predicted octanol–water partition coefficient (Wildman–Crippen LogP) is 3.21. The molecule has 23 heavy (non-hydrogen) atoms. The van der Waals surface area contributed by atoms with Gasteiger partial charge in [0.05, 0.1) is 18.8 Å². The minimum atomic E-state index is -0.356. The Labute approximate surface area is 137 Å². The predicted molar refractivity (Wildman–Crippen MR) is 90.4 cm³/mol. The van der Waals surface area contributed by atoms with Crippen LogP contribution in [-0.4, -0.2) is 35.1 Å². The van der Waals surface area contributed by atoms with Crippen LogP contribution in [0.1, 0.15) is 36.5 Å². The van der Waals surface area contributed by atoms with Crippen molar-refractivity contribution >= 4 is 16.9 Å². The Balaban J connectivity index is 1.76. The van der Waals surface area contributed by atoms with Crippen LogP contribution in [0.15, 0.2) is 22.8 Å². The van der Waals surface area contributed by atoms with Crippen LogP contribution in [0.4, 0.5) is 0 Å². The van der Waals surface area contributed by atoms with Gasteiger partial charge >= 0.3 is 0 Å². The van der Waals surface area contributed by atoms with Crippen LogP contribution < -0.4 is 0 Å². The highest BCUT2D eigenvalue weighted by atomic mass is 16.3. The fourth-order valence-corrected chi connectivity index (χ4v) is 3.38. The van der Waals surface area contributed by atoms with E-state index in [0.717, 1.165) is 35.9 Å². The van der Waals surface area contributed by atoms with Gasteiger partial charge in [0.25, 0.3) is 0 Å². The molecule has 2 unspecified atom stereocenters. The van der Waals surface area contributed by atoms with Gasteiger partial charge in [-0.25, -0.2) is 0 Å². The molecule has 124 valence electrons. The fraction of sp³-hybridized carbons (Fsp3) is 0.526. The maximum absolute atomic E-state index is 12.6. The number of rotatable bonds is 3. The first kappa shape index (κ1) is 16.1. The summed E-state index contributed by atoms with van der Waals surface area (Å²) in [6, 6.07) is 4.13. The molecular weight excluding hydrogens is 290 g/mol. The summed E-state index contributed by atoms with van der Waals surface area (Å²) in [6.45, 7) is 7.39. The molecule has 4 heteroatoms. The number of hydrogen-bond acceptors (Lipinski definition) is 3. The van der Waals surface area contributed by atoms with Crippen molar-refractivity contribution in [3.05, 3.63) is 35.1 Å². The summed E-state index contributed by atoms with van der Waals surface area (Å²) in [5.74, 6) is 0.315. The Morgan fingerprint density at radius 1 is 1.39 bits per heavy atom. The number of carbonyl (C=O) groups excluding carboxylic acids is 1. The molecule has 1 aliphatic rings. The minimum absolute atomic E-state index is 0.122. The standard InChI is InChI=1S/C19H25NO3/c1-12-7-17-16(11-23-18(17)8-13(12)2)9-19(22)20-6-4-5-15(10-20)14(3)21/h7-8,11,14-15,21H,4-6,9-10H2,1-3H3. The third-order valence-corrected chi connectivity index (χ3v) is 5.10. The second-order valence-corrected chi connectivity index (χ2v) is 6.85. The van der Waals surface area contributed by atoms with Crippen molar-refractivity contribution in [2.45, 2.75) is 46.1 Å². The van der Waals surface area contributed by atoms with Gasteiger partial charge in [-0.2, -0.15) is 0 Å². The molecule has 1 aliphatic heterocycles. The van der Waals surface area contributed by atoms with E-state index >= 15 is 0 Å². The zero-order valence-electron chi connectivity index (χ0n) is 14.1. The molecule has 0 saturated carbocycles. The summed E-state index contributed by atoms with van der Waals surface area (Å²) < 4.78 is 5.62. The Morgan fingerprint density at radius 2 is 2.13 bits per heavy atom. The van der Waals surface area contributed by atoms with E-state index in [1.165, 1.54) is 11.1 Å². The van der Waals surface area contributed by atoms with Crippen LogP contribution in [0.5, 0.6) is 0 Å². The number of furan rings is 1. The quantitative estimate of drug-likeness (QED) is 0.946. The molecule has 1 aromatic heterocycles. The first-order valence-corrected chi connectivity index (χ1v) is 8.39. The van der Waals surface area contributed by atoms with Crippen LogP contribution in [0.3, 0.4) is 0 Å². The largest absolute Gasteiger partial charge is 0.464 e. The van der Waals surface area contributed by atoms with Gasteiger partial charge in [-0.3, -0.25) is 4.79 Å². The number of piperidine rings is 1. The number of aliphatic hydroxyl groups is 1. The molecule has 0 aliphatic carbocycles. The van der Waals surface area contributed by atoms with Crippen molar-refractivity contribution in [3.8, 4) is 0 Å². The molecule has 0 spiro atoms. The average Bonchev–Trinajstić information content (AvgIpc) is 2.90. The van der Waals surface area contributed by atoms with Gasteiger partial charge in [0.15, 0.2) is 0 Å². The second-order valence-electron chi connectivity index (χ2n) is 6.85. The highest BCUT2D eigenvalue weighted by Gasteiger charge is 2.27. The van der Waals surface area contributed by atoms with Crippen molar-refractivity contribution in [1.29, 1.82) is 0 Å². The molecule has 0 radical (unpaired) electrons. The van der Waals surface area contributed by atoms with Crippen LogP contribution >= 0.6 is 0 Å². The highest BCUT2D eigenvalue weighted by Crippen LogP contribution is 2.26. The Morgan fingerprint density at radius 3 is 2.87 bits per heavy atom. The normalized spacial score (nSPS) is 20.0. The molecule has 1 amide bonds. The smallest absolute Gasteiger partial charge is 0.227 e. The molecule has 1 N–H and O–H groups in total. The number of aryl methyl sites for hydroxylation is 2. The van der Waals surface area contributed by atoms with Crippen LogP contribution in [0, 0.1) is 19.8 Å². The fourth-order valence-electron chi connectivity index (χ4n) is 3.38. The number of aliphatic hydroxyl groups excluding tert-OH is 1. The number of nitrogens with zero attached hydrogens (tertiary/aromatic N) is 1. The number of carbonyl (C=O) groups is 1. The molecule has 2 atom stereocenters. The van der Waals surface area contributed by atoms with Crippen molar-refractivity contribution in [1.82, 2.24) is 4.90 Å². The number of likely N-dealkylation sites (tertiary alicyclic amines) is 1. The Kier molecular flexibility index (Phi) is 4.44. The lowest BCUT2D eigenvalue weighted by Crippen LogP contribution is -2.43. The van der Waals surface area contributed by atoms with Crippen molar-refractivity contribution in [2.24, 2.45) is 5.92 Å². The Hall–Kier alpha value is -1.81. The number of fused-ring (bicyclic) bond motifs is 1. The SMILES string of the molecule is Cc1cc2occ(CC(=O)N3CCCC(C(C)O)C3)c2cc1C. The molecule has 1 aromatic carbocycles. The maximum Gasteiger partial charge on any atom is 0.227 e. The van der Waals surface area contributed by atoms with E-state index in [1.807, 2.05) is 17.9 Å². The molecule has 4 nitrogen and oxygen atoms in total. The van der Waals surface area contributed by atoms with E-state index in [2.05, 4.69) is 19.9 Å². The Bertz CT molecular complexity index is 717. The van der Waals surface area contributed by atoms with Gasteiger partial charge in [0, 0.05) is 30.0 Å². The molecule has 2 aromatic rings. The number of amides is 1. The minimum Gasteiger partial charge on any atom is -0.464 e. The number of benzene rings is 1. The van der Waals surface area contributed by atoms with Gasteiger partial charge in [-0.15, -0.1) is 0 Å². The highest BCUT2D eigenvalue weighted by molar-refractivity contribution is 5.88. The lowest BCUT2D eigenvalue weighted by molar-refractivity contribution is -0.133. The van der Waals surface area contributed by atoms with E-state index in [9.17, 15) is 9.90 Å². The summed E-state index contributed by atoms with van der Waals surface area (Å²) in [5, 5.41) is 10.8. The van der Waals surface area contributed by atoms with E-state index in [1.54, 1.807) is 6.26 Å². The van der Waals surface area contributed by atoms with Crippen LogP contribution in [0.25, 0.3) is 11.0 Å². The lowest BCUT2D eigenvalue weighted by Gasteiger charge is -2.34. The second kappa shape index (κ2) is 6.36. The van der Waals surface area contributed by atoms with E-state index in [-0.39, 0.29) is 17.9 Å². The molecule has 3 rings (SSSR count). The van der Waals surface area contributed by atoms with Crippen molar-refractivity contribution in [2.75, 3.05) is 13.1 Å². The van der Waals surface area contributed by atoms with Gasteiger partial charge in [-0.1, -0.05) is 0 Å². The monoisotopic (exact) mass is 315 g/mol. The average molecular weight is 315 g/mol. The van der Waals surface area contributed by atoms with E-state index in [0.29, 0.717) is 13.0 Å². The summed E-state index contributed by atoms with van der Waals surface area (Å²) >= 11 is 0. The molecule has 0 bridgehead atoms. The lowest BCUT2D eigenvalue weighted by atomic mass is 9.93. The summed E-state index contributed by atoms with van der Waals surface area (Å²) in [6.07, 6.45) is 3.67. The van der Waals surface area contributed by atoms with Gasteiger partial charge in [0.2, 0.25) is 5.91 Å². The van der Waals surface area contributed by atoms with Gasteiger partial charge < -0.3 is 14.4 Å². The first-order valence-electron chi connectivity index (χ1n) is 8.39. The van der Waals surface area contributed by atoms with Crippen molar-refractivity contribution < 1.29 is 14.3 Å². The van der Waals surface area contributed by atoms with Crippen molar-refractivity contribution in [3.63, 3.8) is 0 Å². The zero-order valence-corrected chi connectivity index (χ0v) is 14.1. The third kappa shape index (κ3) is 3.27. The third-order valence-electron chi connectivity index (χ3n) is 5.10. The summed E-state index contributed by atoms with van der Waals surface area (Å²) in [4.78, 5) is 14.5. The molecule has 2 heterocycles. The zero-order chi connectivity index (χ0) is 16.6. The van der Waals surface area contributed by atoms with E-state index in [4.69, 9.17) is 4.42 Å². The van der Waals surface area contributed by atoms with Gasteiger partial charge in [0.1, 0.15) is 5.58 Å². The maximum atomic E-state index is 12.6. The molecule has 1 fully saturated rings. The first-order chi connectivity index (χ1) is 11.0. The van der Waals surface area contributed by atoms with Gasteiger partial charge in [-0.05, 0) is 56.9 Å². The summed E-state index contributed by atoms with van der Waals surface area (Å²) in [7, 11) is 0. The van der Waals surface area contributed by atoms with E-state index < -0.39 is 0 Å². The molecule has 1 saturated heterocycles.